The second kappa shape index (κ2) is 5.11. The van der Waals surface area contributed by atoms with Gasteiger partial charge < -0.3 is 4.42 Å². The Labute approximate surface area is 126 Å². The predicted octanol–water partition coefficient (Wildman–Crippen LogP) is 5.30. The van der Waals surface area contributed by atoms with Crippen LogP contribution < -0.4 is 0 Å². The van der Waals surface area contributed by atoms with E-state index in [1.54, 1.807) is 18.5 Å². The number of nitrogens with zero attached hydrogens (tertiary/aromatic N) is 1. The highest BCUT2D eigenvalue weighted by atomic mass is 19.1. The Morgan fingerprint density at radius 3 is 2.36 bits per heavy atom. The third-order valence-electron chi connectivity index (χ3n) is 3.66. The molecule has 4 aromatic rings. The first-order valence-electron chi connectivity index (χ1n) is 7.01. The van der Waals surface area contributed by atoms with Crippen LogP contribution in [0.2, 0.25) is 0 Å². The van der Waals surface area contributed by atoms with Crippen molar-refractivity contribution in [1.29, 1.82) is 0 Å². The molecule has 2 heterocycles. The number of pyridine rings is 1. The number of rotatable bonds is 2. The first-order chi connectivity index (χ1) is 10.8. The van der Waals surface area contributed by atoms with Crippen LogP contribution in [0.4, 0.5) is 4.39 Å². The summed E-state index contributed by atoms with van der Waals surface area (Å²) in [6.07, 6.45) is 3.44. The molecule has 0 atom stereocenters. The lowest BCUT2D eigenvalue weighted by atomic mass is 9.99. The van der Waals surface area contributed by atoms with Gasteiger partial charge in [-0.1, -0.05) is 30.3 Å². The third kappa shape index (κ3) is 2.07. The molecule has 106 valence electrons. The van der Waals surface area contributed by atoms with Gasteiger partial charge in [0, 0.05) is 35.0 Å². The molecule has 0 aliphatic heterocycles. The van der Waals surface area contributed by atoms with E-state index in [1.165, 1.54) is 12.1 Å². The Bertz CT molecular complexity index is 930. The molecule has 22 heavy (non-hydrogen) atoms. The zero-order valence-corrected chi connectivity index (χ0v) is 11.7. The van der Waals surface area contributed by atoms with Gasteiger partial charge in [-0.05, 0) is 29.8 Å². The number of aromatic nitrogens is 1. The van der Waals surface area contributed by atoms with E-state index in [-0.39, 0.29) is 5.82 Å². The Balaban J connectivity index is 2.07. The lowest BCUT2D eigenvalue weighted by Gasteiger charge is -2.03. The van der Waals surface area contributed by atoms with E-state index < -0.39 is 0 Å². The molecule has 0 aliphatic carbocycles. The van der Waals surface area contributed by atoms with E-state index >= 15 is 0 Å². The molecular formula is C19H12FNO. The minimum atomic E-state index is -0.304. The van der Waals surface area contributed by atoms with Crippen LogP contribution >= 0.6 is 0 Å². The summed E-state index contributed by atoms with van der Waals surface area (Å²) in [4.78, 5) is 4.04. The Hall–Kier alpha value is -2.94. The normalized spacial score (nSPS) is 11.0. The largest absolute Gasteiger partial charge is 0.455 e. The topological polar surface area (TPSA) is 26.0 Å². The average molecular weight is 289 g/mol. The smallest absolute Gasteiger partial charge is 0.143 e. The van der Waals surface area contributed by atoms with Crippen LogP contribution in [-0.4, -0.2) is 4.98 Å². The van der Waals surface area contributed by atoms with Gasteiger partial charge in [-0.25, -0.2) is 4.39 Å². The van der Waals surface area contributed by atoms with Crippen molar-refractivity contribution in [2.24, 2.45) is 0 Å². The molecule has 0 spiro atoms. The molecule has 2 nitrogen and oxygen atoms in total. The standard InChI is InChI=1S/C19H12FNO/c20-15-6-7-16-17(12-15)22-19(14-8-10-21-11-9-14)18(16)13-4-2-1-3-5-13/h1-12H. The molecule has 0 aliphatic rings. The summed E-state index contributed by atoms with van der Waals surface area (Å²) in [5.41, 5.74) is 3.48. The summed E-state index contributed by atoms with van der Waals surface area (Å²) in [5.74, 6) is 0.427. The van der Waals surface area contributed by atoms with Crippen molar-refractivity contribution in [2.45, 2.75) is 0 Å². The van der Waals surface area contributed by atoms with E-state index in [0.29, 0.717) is 5.58 Å². The third-order valence-corrected chi connectivity index (χ3v) is 3.66. The van der Waals surface area contributed by atoms with Crippen molar-refractivity contribution in [3.63, 3.8) is 0 Å². The van der Waals surface area contributed by atoms with Crippen LogP contribution in [-0.2, 0) is 0 Å². The van der Waals surface area contributed by atoms with Gasteiger partial charge in [0.2, 0.25) is 0 Å². The van der Waals surface area contributed by atoms with Gasteiger partial charge in [-0.3, -0.25) is 4.98 Å². The van der Waals surface area contributed by atoms with Crippen molar-refractivity contribution < 1.29 is 8.81 Å². The van der Waals surface area contributed by atoms with Crippen LogP contribution in [0, 0.1) is 5.82 Å². The van der Waals surface area contributed by atoms with E-state index in [2.05, 4.69) is 4.98 Å². The summed E-state index contributed by atoms with van der Waals surface area (Å²) in [5, 5.41) is 0.902. The van der Waals surface area contributed by atoms with Crippen molar-refractivity contribution in [3.8, 4) is 22.5 Å². The average Bonchev–Trinajstić information content (AvgIpc) is 2.95. The van der Waals surface area contributed by atoms with Crippen LogP contribution in [0.15, 0.2) is 77.5 Å². The second-order valence-electron chi connectivity index (χ2n) is 5.05. The van der Waals surface area contributed by atoms with Crippen molar-refractivity contribution in [3.05, 3.63) is 78.9 Å². The van der Waals surface area contributed by atoms with E-state index in [4.69, 9.17) is 4.42 Å². The minimum absolute atomic E-state index is 0.304. The molecule has 4 rings (SSSR count). The summed E-state index contributed by atoms with van der Waals surface area (Å²) in [6, 6.07) is 18.4. The van der Waals surface area contributed by atoms with Gasteiger partial charge in [0.1, 0.15) is 17.2 Å². The van der Waals surface area contributed by atoms with Crippen LogP contribution in [0.25, 0.3) is 33.4 Å². The van der Waals surface area contributed by atoms with E-state index in [0.717, 1.165) is 27.8 Å². The maximum absolute atomic E-state index is 13.5. The maximum Gasteiger partial charge on any atom is 0.143 e. The highest BCUT2D eigenvalue weighted by molar-refractivity contribution is 6.01. The molecule has 2 aromatic heterocycles. The molecule has 0 bridgehead atoms. The maximum atomic E-state index is 13.5. The number of furan rings is 1. The molecule has 0 N–H and O–H groups in total. The molecule has 0 unspecified atom stereocenters. The molecular weight excluding hydrogens is 277 g/mol. The van der Waals surface area contributed by atoms with Crippen LogP contribution in [0.5, 0.6) is 0 Å². The zero-order chi connectivity index (χ0) is 14.9. The lowest BCUT2D eigenvalue weighted by Crippen LogP contribution is -1.81. The number of halogens is 1. The summed E-state index contributed by atoms with van der Waals surface area (Å²) in [6.45, 7) is 0. The summed E-state index contributed by atoms with van der Waals surface area (Å²) in [7, 11) is 0. The summed E-state index contributed by atoms with van der Waals surface area (Å²) < 4.78 is 19.5. The van der Waals surface area contributed by atoms with Gasteiger partial charge in [0.05, 0.1) is 0 Å². The van der Waals surface area contributed by atoms with Gasteiger partial charge >= 0.3 is 0 Å². The highest BCUT2D eigenvalue weighted by Gasteiger charge is 2.17. The van der Waals surface area contributed by atoms with Gasteiger partial charge in [0.15, 0.2) is 0 Å². The monoisotopic (exact) mass is 289 g/mol. The van der Waals surface area contributed by atoms with Gasteiger partial charge in [0.25, 0.3) is 0 Å². The van der Waals surface area contributed by atoms with Crippen molar-refractivity contribution in [1.82, 2.24) is 4.98 Å². The van der Waals surface area contributed by atoms with Crippen molar-refractivity contribution >= 4 is 11.0 Å². The number of benzene rings is 2. The number of fused-ring (bicyclic) bond motifs is 1. The van der Waals surface area contributed by atoms with Crippen molar-refractivity contribution in [2.75, 3.05) is 0 Å². The molecule has 0 saturated heterocycles. The Morgan fingerprint density at radius 2 is 1.59 bits per heavy atom. The number of hydrogen-bond donors (Lipinski definition) is 0. The highest BCUT2D eigenvalue weighted by Crippen LogP contribution is 2.40. The predicted molar refractivity (Wildman–Crippen MR) is 84.8 cm³/mol. The van der Waals surface area contributed by atoms with Crippen LogP contribution in [0.1, 0.15) is 0 Å². The van der Waals surface area contributed by atoms with E-state index in [9.17, 15) is 4.39 Å². The zero-order valence-electron chi connectivity index (χ0n) is 11.7. The SMILES string of the molecule is Fc1ccc2c(-c3ccccc3)c(-c3ccncc3)oc2c1. The molecule has 0 saturated carbocycles. The lowest BCUT2D eigenvalue weighted by molar-refractivity contribution is 0.608. The quantitative estimate of drug-likeness (QED) is 0.500. The Morgan fingerprint density at radius 1 is 0.818 bits per heavy atom. The fourth-order valence-corrected chi connectivity index (χ4v) is 2.67. The van der Waals surface area contributed by atoms with Crippen LogP contribution in [0.3, 0.4) is 0 Å². The Kier molecular flexibility index (Phi) is 2.97. The molecule has 2 aromatic carbocycles. The first-order valence-corrected chi connectivity index (χ1v) is 7.01. The first kappa shape index (κ1) is 12.8. The summed E-state index contributed by atoms with van der Waals surface area (Å²) >= 11 is 0. The minimum Gasteiger partial charge on any atom is -0.455 e. The van der Waals surface area contributed by atoms with Gasteiger partial charge in [-0.15, -0.1) is 0 Å². The molecule has 0 radical (unpaired) electrons. The van der Waals surface area contributed by atoms with E-state index in [1.807, 2.05) is 42.5 Å². The van der Waals surface area contributed by atoms with Gasteiger partial charge in [-0.2, -0.15) is 0 Å². The second-order valence-corrected chi connectivity index (χ2v) is 5.05. The molecule has 0 amide bonds. The number of hydrogen-bond acceptors (Lipinski definition) is 2. The molecule has 0 fully saturated rings. The molecule has 3 heteroatoms. The fraction of sp³-hybridized carbons (Fsp3) is 0. The fourth-order valence-electron chi connectivity index (χ4n) is 2.67.